The predicted octanol–water partition coefficient (Wildman–Crippen LogP) is 3.93. The molecular weight excluding hydrogens is 357 g/mol. The number of rotatable bonds is 4. The Kier molecular flexibility index (Phi) is 5.82. The van der Waals surface area contributed by atoms with Crippen LogP contribution in [-0.4, -0.2) is 22.3 Å². The summed E-state index contributed by atoms with van der Waals surface area (Å²) in [5.74, 6) is -1.63. The lowest BCUT2D eigenvalue weighted by Gasteiger charge is -2.08. The average Bonchev–Trinajstić information content (AvgIpc) is 2.38. The molecule has 0 radical (unpaired) electrons. The van der Waals surface area contributed by atoms with Crippen molar-refractivity contribution in [1.82, 2.24) is 4.98 Å². The summed E-state index contributed by atoms with van der Waals surface area (Å²) in [4.78, 5) is 13.9. The molecule has 0 aromatic carbocycles. The van der Waals surface area contributed by atoms with E-state index in [9.17, 15) is 18.0 Å². The van der Waals surface area contributed by atoms with Crippen LogP contribution in [0.4, 0.5) is 19.0 Å². The van der Waals surface area contributed by atoms with Gasteiger partial charge in [0.15, 0.2) is 5.82 Å². The van der Waals surface area contributed by atoms with Gasteiger partial charge in [0, 0.05) is 6.20 Å². The highest BCUT2D eigenvalue weighted by atomic mass is 35.5. The molecule has 1 rings (SSSR count). The Bertz CT molecular complexity index is 617. The van der Waals surface area contributed by atoms with Gasteiger partial charge < -0.3 is 5.11 Å². The summed E-state index contributed by atoms with van der Waals surface area (Å²) in [6.07, 6.45) is -3.17. The maximum atomic E-state index is 12.4. The quantitative estimate of drug-likeness (QED) is 0.483. The molecule has 0 saturated carbocycles. The van der Waals surface area contributed by atoms with Crippen LogP contribution in [0.1, 0.15) is 5.56 Å². The molecule has 0 aliphatic heterocycles. The average molecular weight is 363 g/mol. The summed E-state index contributed by atoms with van der Waals surface area (Å²) in [6.45, 7) is 0. The molecule has 114 valence electrons. The van der Waals surface area contributed by atoms with E-state index in [1.165, 1.54) is 0 Å². The van der Waals surface area contributed by atoms with Crippen molar-refractivity contribution in [3.8, 4) is 0 Å². The lowest BCUT2D eigenvalue weighted by atomic mass is 10.3. The third-order valence-electron chi connectivity index (χ3n) is 1.91. The molecule has 0 unspecified atom stereocenters. The number of nitrogens with zero attached hydrogens (tertiary/aromatic N) is 2. The normalized spacial score (nSPS) is 13.2. The van der Waals surface area contributed by atoms with Crippen LogP contribution in [0.5, 0.6) is 0 Å². The van der Waals surface area contributed by atoms with Crippen LogP contribution >= 0.6 is 34.8 Å². The number of halogens is 6. The van der Waals surface area contributed by atoms with E-state index in [1.54, 1.807) is 0 Å². The molecule has 0 fully saturated rings. The molecule has 0 saturated heterocycles. The van der Waals surface area contributed by atoms with E-state index >= 15 is 0 Å². The molecule has 0 atom stereocenters. The van der Waals surface area contributed by atoms with E-state index in [4.69, 9.17) is 39.9 Å². The van der Waals surface area contributed by atoms with E-state index in [2.05, 4.69) is 15.5 Å². The molecule has 11 heteroatoms. The number of hydrogen-bond acceptors (Lipinski definition) is 4. The fraction of sp³-hybridized carbons (Fsp3) is 0.100. The highest BCUT2D eigenvalue weighted by molar-refractivity contribution is 6.51. The number of anilines is 1. The van der Waals surface area contributed by atoms with Crippen LogP contribution in [0.2, 0.25) is 5.02 Å². The molecule has 1 aromatic rings. The van der Waals surface area contributed by atoms with Gasteiger partial charge in [-0.15, -0.1) is 0 Å². The number of carbonyl (C=O) groups is 1. The van der Waals surface area contributed by atoms with E-state index in [0.29, 0.717) is 12.3 Å². The number of hydrogen-bond donors (Lipinski definition) is 2. The number of aromatic nitrogens is 1. The van der Waals surface area contributed by atoms with Crippen molar-refractivity contribution in [2.24, 2.45) is 5.10 Å². The minimum Gasteiger partial charge on any atom is -0.477 e. The van der Waals surface area contributed by atoms with Crippen LogP contribution in [0, 0.1) is 0 Å². The summed E-state index contributed by atoms with van der Waals surface area (Å²) in [7, 11) is 0. The zero-order valence-electron chi connectivity index (χ0n) is 9.75. The van der Waals surface area contributed by atoms with Gasteiger partial charge in [-0.1, -0.05) is 34.8 Å². The van der Waals surface area contributed by atoms with Crippen molar-refractivity contribution >= 4 is 52.8 Å². The first-order valence-corrected chi connectivity index (χ1v) is 6.06. The molecule has 0 aliphatic rings. The van der Waals surface area contributed by atoms with Gasteiger partial charge in [0.2, 0.25) is 0 Å². The number of alkyl halides is 3. The number of nitrogens with one attached hydrogen (secondary N) is 1. The largest absolute Gasteiger partial charge is 0.477 e. The molecular formula is C10H5Cl3F3N3O2. The highest BCUT2D eigenvalue weighted by Crippen LogP contribution is 2.32. The highest BCUT2D eigenvalue weighted by Gasteiger charge is 2.31. The number of carboxylic acid groups (broad SMARTS) is 1. The maximum absolute atomic E-state index is 12.4. The zero-order chi connectivity index (χ0) is 16.2. The summed E-state index contributed by atoms with van der Waals surface area (Å²) in [6, 6.07) is 0.661. The third-order valence-corrected chi connectivity index (χ3v) is 2.95. The molecule has 0 amide bonds. The number of hydrazone groups is 1. The summed E-state index contributed by atoms with van der Waals surface area (Å²) < 4.78 is 37.1. The smallest absolute Gasteiger partial charge is 0.417 e. The minimum atomic E-state index is -4.57. The lowest BCUT2D eigenvalue weighted by molar-refractivity contribution is -0.137. The molecule has 2 N–H and O–H groups in total. The number of pyridine rings is 1. The van der Waals surface area contributed by atoms with Crippen molar-refractivity contribution < 1.29 is 23.1 Å². The lowest BCUT2D eigenvalue weighted by Crippen LogP contribution is -2.06. The molecule has 5 nitrogen and oxygen atoms in total. The standard InChI is InChI=1S/C10H5Cl3F3N3O2/c11-5-1-4(10(14,15)16)2-17-8(5)19-18-3-6(12)7(13)9(20)21/h1-3H,(H,17,19)(H,20,21)/b7-6-,18-3+. The van der Waals surface area contributed by atoms with Crippen molar-refractivity contribution in [1.29, 1.82) is 0 Å². The van der Waals surface area contributed by atoms with Gasteiger partial charge in [-0.05, 0) is 6.07 Å². The summed E-state index contributed by atoms with van der Waals surface area (Å²) in [5.41, 5.74) is 1.19. The SMILES string of the molecule is O=C(O)/C(Cl)=C(Cl)\C=N\Nc1ncc(C(F)(F)F)cc1Cl. The minimum absolute atomic E-state index is 0.170. The van der Waals surface area contributed by atoms with Gasteiger partial charge in [-0.3, -0.25) is 5.43 Å². The van der Waals surface area contributed by atoms with Crippen LogP contribution < -0.4 is 5.43 Å². The van der Waals surface area contributed by atoms with Crippen molar-refractivity contribution in [3.63, 3.8) is 0 Å². The van der Waals surface area contributed by atoms with Crippen molar-refractivity contribution in [2.45, 2.75) is 6.18 Å². The Morgan fingerprint density at radius 3 is 2.52 bits per heavy atom. The van der Waals surface area contributed by atoms with Crippen LogP contribution in [0.25, 0.3) is 0 Å². The Balaban J connectivity index is 2.87. The Hall–Kier alpha value is -1.51. The van der Waals surface area contributed by atoms with Gasteiger partial charge in [0.25, 0.3) is 0 Å². The number of carboxylic acids is 1. The number of allylic oxidation sites excluding steroid dienone is 1. The molecule has 0 spiro atoms. The maximum Gasteiger partial charge on any atom is 0.417 e. The van der Waals surface area contributed by atoms with Crippen molar-refractivity contribution in [3.05, 3.63) is 32.9 Å². The van der Waals surface area contributed by atoms with Gasteiger partial charge in [0.05, 0.1) is 21.8 Å². The second-order valence-electron chi connectivity index (χ2n) is 3.39. The zero-order valence-corrected chi connectivity index (χ0v) is 12.0. The first-order chi connectivity index (χ1) is 9.62. The van der Waals surface area contributed by atoms with Crippen LogP contribution in [0.3, 0.4) is 0 Å². The molecule has 1 heterocycles. The fourth-order valence-electron chi connectivity index (χ4n) is 0.984. The summed E-state index contributed by atoms with van der Waals surface area (Å²) in [5, 5.41) is 10.6. The second-order valence-corrected chi connectivity index (χ2v) is 4.58. The van der Waals surface area contributed by atoms with E-state index in [0.717, 1.165) is 6.21 Å². The Morgan fingerprint density at radius 1 is 1.43 bits per heavy atom. The van der Waals surface area contributed by atoms with Gasteiger partial charge in [0.1, 0.15) is 5.03 Å². The van der Waals surface area contributed by atoms with Gasteiger partial charge in [-0.25, -0.2) is 9.78 Å². The van der Waals surface area contributed by atoms with Crippen LogP contribution in [0.15, 0.2) is 27.4 Å². The van der Waals surface area contributed by atoms with E-state index in [-0.39, 0.29) is 15.9 Å². The van der Waals surface area contributed by atoms with Crippen LogP contribution in [-0.2, 0) is 11.0 Å². The monoisotopic (exact) mass is 361 g/mol. The molecule has 0 bridgehead atoms. The summed E-state index contributed by atoms with van der Waals surface area (Å²) >= 11 is 16.4. The third kappa shape index (κ3) is 5.07. The first kappa shape index (κ1) is 17.5. The number of aliphatic carboxylic acids is 1. The van der Waals surface area contributed by atoms with Gasteiger partial charge in [-0.2, -0.15) is 18.3 Å². The Morgan fingerprint density at radius 2 is 2.05 bits per heavy atom. The van der Waals surface area contributed by atoms with Gasteiger partial charge >= 0.3 is 12.1 Å². The van der Waals surface area contributed by atoms with E-state index < -0.39 is 22.7 Å². The molecule has 1 aromatic heterocycles. The fourth-order valence-corrected chi connectivity index (χ4v) is 1.37. The Labute approximate surface area is 131 Å². The predicted molar refractivity (Wildman–Crippen MR) is 72.7 cm³/mol. The first-order valence-electron chi connectivity index (χ1n) is 4.93. The van der Waals surface area contributed by atoms with Crippen molar-refractivity contribution in [2.75, 3.05) is 5.43 Å². The molecule has 0 aliphatic carbocycles. The van der Waals surface area contributed by atoms with E-state index in [1.807, 2.05) is 0 Å². The molecule has 21 heavy (non-hydrogen) atoms. The second kappa shape index (κ2) is 6.97. The topological polar surface area (TPSA) is 74.6 Å².